The van der Waals surface area contributed by atoms with Crippen LogP contribution < -0.4 is 16.0 Å². The number of ether oxygens (including phenoxy) is 1. The third kappa shape index (κ3) is 4.50. The van der Waals surface area contributed by atoms with Gasteiger partial charge < -0.3 is 4.74 Å². The van der Waals surface area contributed by atoms with Crippen LogP contribution in [0.4, 0.5) is 13.2 Å². The number of hydrogen-bond acceptors (Lipinski definition) is 3. The van der Waals surface area contributed by atoms with Crippen LogP contribution in [0.15, 0.2) is 24.3 Å². The zero-order chi connectivity index (χ0) is 12.2. The first-order valence-corrected chi connectivity index (χ1v) is 4.71. The maximum absolute atomic E-state index is 11.9. The second-order valence-corrected chi connectivity index (χ2v) is 3.46. The Kier molecular flexibility index (Phi) is 4.14. The molecular formula is C10H13F3N2O. The molecule has 0 bridgehead atoms. The molecular weight excluding hydrogens is 221 g/mol. The largest absolute Gasteiger partial charge is 0.573 e. The Morgan fingerprint density at radius 3 is 2.31 bits per heavy atom. The number of hydrazine groups is 1. The minimum atomic E-state index is -4.65. The van der Waals surface area contributed by atoms with Gasteiger partial charge >= 0.3 is 6.36 Å². The fraction of sp³-hybridized carbons (Fsp3) is 0.400. The third-order valence-corrected chi connectivity index (χ3v) is 1.98. The molecule has 0 radical (unpaired) electrons. The van der Waals surface area contributed by atoms with Gasteiger partial charge in [0, 0.05) is 6.04 Å². The van der Waals surface area contributed by atoms with E-state index < -0.39 is 6.36 Å². The molecule has 1 rings (SSSR count). The SMILES string of the molecule is CC(Cc1ccc(OC(F)(F)F)cc1)NN. The van der Waals surface area contributed by atoms with Crippen LogP contribution in [-0.2, 0) is 6.42 Å². The highest BCUT2D eigenvalue weighted by molar-refractivity contribution is 5.27. The molecule has 1 aromatic rings. The molecule has 0 heterocycles. The first-order chi connectivity index (χ1) is 7.40. The van der Waals surface area contributed by atoms with Crippen molar-refractivity contribution >= 4 is 0 Å². The monoisotopic (exact) mass is 234 g/mol. The Bertz CT molecular complexity index is 324. The Morgan fingerprint density at radius 1 is 1.31 bits per heavy atom. The van der Waals surface area contributed by atoms with Crippen molar-refractivity contribution in [1.29, 1.82) is 0 Å². The Balaban J connectivity index is 2.61. The van der Waals surface area contributed by atoms with Crippen molar-refractivity contribution in [3.63, 3.8) is 0 Å². The fourth-order valence-electron chi connectivity index (χ4n) is 1.24. The topological polar surface area (TPSA) is 47.3 Å². The highest BCUT2D eigenvalue weighted by atomic mass is 19.4. The number of benzene rings is 1. The zero-order valence-corrected chi connectivity index (χ0v) is 8.71. The quantitative estimate of drug-likeness (QED) is 0.618. The van der Waals surface area contributed by atoms with Crippen molar-refractivity contribution in [2.24, 2.45) is 5.84 Å². The Morgan fingerprint density at radius 2 is 1.88 bits per heavy atom. The van der Waals surface area contributed by atoms with Gasteiger partial charge in [0.05, 0.1) is 0 Å². The van der Waals surface area contributed by atoms with E-state index in [1.807, 2.05) is 6.92 Å². The molecule has 0 aromatic heterocycles. The lowest BCUT2D eigenvalue weighted by atomic mass is 10.1. The summed E-state index contributed by atoms with van der Waals surface area (Å²) in [4.78, 5) is 0. The smallest absolute Gasteiger partial charge is 0.406 e. The molecule has 3 nitrogen and oxygen atoms in total. The summed E-state index contributed by atoms with van der Waals surface area (Å²) < 4.78 is 39.3. The first-order valence-electron chi connectivity index (χ1n) is 4.71. The van der Waals surface area contributed by atoms with Crippen LogP contribution >= 0.6 is 0 Å². The van der Waals surface area contributed by atoms with Gasteiger partial charge in [-0.25, -0.2) is 0 Å². The summed E-state index contributed by atoms with van der Waals surface area (Å²) in [5.74, 6) is 4.99. The van der Waals surface area contributed by atoms with E-state index in [0.29, 0.717) is 6.42 Å². The predicted octanol–water partition coefficient (Wildman–Crippen LogP) is 1.98. The highest BCUT2D eigenvalue weighted by Gasteiger charge is 2.30. The second-order valence-electron chi connectivity index (χ2n) is 3.46. The van der Waals surface area contributed by atoms with Crippen molar-refractivity contribution in [3.05, 3.63) is 29.8 Å². The van der Waals surface area contributed by atoms with Gasteiger partial charge in [0.25, 0.3) is 0 Å². The minimum Gasteiger partial charge on any atom is -0.406 e. The number of halogens is 3. The molecule has 16 heavy (non-hydrogen) atoms. The van der Waals surface area contributed by atoms with Gasteiger partial charge in [-0.15, -0.1) is 13.2 Å². The van der Waals surface area contributed by atoms with Gasteiger partial charge in [0.1, 0.15) is 5.75 Å². The Hall–Kier alpha value is -1.27. The molecule has 0 amide bonds. The maximum Gasteiger partial charge on any atom is 0.573 e. The Labute approximate surface area is 91.4 Å². The summed E-state index contributed by atoms with van der Waals surface area (Å²) >= 11 is 0. The van der Waals surface area contributed by atoms with Crippen molar-refractivity contribution in [3.8, 4) is 5.75 Å². The molecule has 0 saturated heterocycles. The molecule has 0 aliphatic carbocycles. The molecule has 1 unspecified atom stereocenters. The van der Waals surface area contributed by atoms with E-state index in [1.165, 1.54) is 12.1 Å². The van der Waals surface area contributed by atoms with Crippen LogP contribution in [0, 0.1) is 0 Å². The standard InChI is InChI=1S/C10H13F3N2O/c1-7(15-14)6-8-2-4-9(5-3-8)16-10(11,12)13/h2-5,7,15H,6,14H2,1H3. The van der Waals surface area contributed by atoms with E-state index in [2.05, 4.69) is 10.2 Å². The number of nitrogens with two attached hydrogens (primary N) is 1. The predicted molar refractivity (Wildman–Crippen MR) is 53.6 cm³/mol. The van der Waals surface area contributed by atoms with Crippen LogP contribution in [0.2, 0.25) is 0 Å². The van der Waals surface area contributed by atoms with Crippen LogP contribution in [0.1, 0.15) is 12.5 Å². The molecule has 1 aromatic carbocycles. The molecule has 3 N–H and O–H groups in total. The molecule has 0 aliphatic rings. The zero-order valence-electron chi connectivity index (χ0n) is 8.71. The summed E-state index contributed by atoms with van der Waals surface area (Å²) in [5.41, 5.74) is 3.44. The number of nitrogens with one attached hydrogen (secondary N) is 1. The summed E-state index contributed by atoms with van der Waals surface area (Å²) in [6.07, 6.45) is -4.00. The van der Waals surface area contributed by atoms with E-state index in [-0.39, 0.29) is 11.8 Å². The van der Waals surface area contributed by atoms with Crippen molar-refractivity contribution in [1.82, 2.24) is 5.43 Å². The van der Waals surface area contributed by atoms with E-state index in [4.69, 9.17) is 5.84 Å². The normalized spacial score (nSPS) is 13.6. The van der Waals surface area contributed by atoms with E-state index >= 15 is 0 Å². The van der Waals surface area contributed by atoms with Crippen molar-refractivity contribution < 1.29 is 17.9 Å². The average molecular weight is 234 g/mol. The van der Waals surface area contributed by atoms with Crippen molar-refractivity contribution in [2.75, 3.05) is 0 Å². The summed E-state index contributed by atoms with van der Waals surface area (Å²) in [7, 11) is 0. The number of hydrogen-bond donors (Lipinski definition) is 2. The van der Waals surface area contributed by atoms with Crippen LogP contribution in [0.3, 0.4) is 0 Å². The van der Waals surface area contributed by atoms with Gasteiger partial charge in [-0.2, -0.15) is 0 Å². The number of alkyl halides is 3. The molecule has 90 valence electrons. The fourth-order valence-corrected chi connectivity index (χ4v) is 1.24. The van der Waals surface area contributed by atoms with E-state index in [0.717, 1.165) is 5.56 Å². The summed E-state index contributed by atoms with van der Waals surface area (Å²) in [6, 6.07) is 5.79. The first kappa shape index (κ1) is 12.8. The lowest BCUT2D eigenvalue weighted by Crippen LogP contribution is -2.34. The third-order valence-electron chi connectivity index (χ3n) is 1.98. The minimum absolute atomic E-state index is 0.0642. The lowest BCUT2D eigenvalue weighted by Gasteiger charge is -2.11. The van der Waals surface area contributed by atoms with Gasteiger partial charge in [-0.1, -0.05) is 12.1 Å². The van der Waals surface area contributed by atoms with E-state index in [9.17, 15) is 13.2 Å². The van der Waals surface area contributed by atoms with Crippen molar-refractivity contribution in [2.45, 2.75) is 25.7 Å². The molecule has 0 spiro atoms. The molecule has 0 saturated carbocycles. The van der Waals surface area contributed by atoms with Crippen LogP contribution in [0.5, 0.6) is 5.75 Å². The highest BCUT2D eigenvalue weighted by Crippen LogP contribution is 2.22. The second kappa shape index (κ2) is 5.18. The molecule has 6 heteroatoms. The summed E-state index contributed by atoms with van der Waals surface area (Å²) in [5, 5.41) is 0. The van der Waals surface area contributed by atoms with E-state index in [1.54, 1.807) is 12.1 Å². The van der Waals surface area contributed by atoms with Gasteiger partial charge in [0.2, 0.25) is 0 Å². The average Bonchev–Trinajstić information content (AvgIpc) is 2.18. The molecule has 0 fully saturated rings. The van der Waals surface area contributed by atoms with Gasteiger partial charge in [-0.3, -0.25) is 11.3 Å². The van der Waals surface area contributed by atoms with Gasteiger partial charge in [0.15, 0.2) is 0 Å². The van der Waals surface area contributed by atoms with Crippen LogP contribution in [-0.4, -0.2) is 12.4 Å². The molecule has 0 aliphatic heterocycles. The lowest BCUT2D eigenvalue weighted by molar-refractivity contribution is -0.274. The van der Waals surface area contributed by atoms with Gasteiger partial charge in [-0.05, 0) is 31.0 Å². The molecule has 1 atom stereocenters. The summed E-state index contributed by atoms with van der Waals surface area (Å²) in [6.45, 7) is 1.88. The number of rotatable bonds is 4. The van der Waals surface area contributed by atoms with Crippen LogP contribution in [0.25, 0.3) is 0 Å². The maximum atomic E-state index is 11.9.